The summed E-state index contributed by atoms with van der Waals surface area (Å²) in [7, 11) is -2.13. The number of likely N-dealkylation sites (tertiary alicyclic amines) is 1. The highest BCUT2D eigenvalue weighted by atomic mass is 28.4. The van der Waals surface area contributed by atoms with Gasteiger partial charge in [0.15, 0.2) is 8.32 Å². The van der Waals surface area contributed by atoms with Gasteiger partial charge >= 0.3 is 0 Å². The summed E-state index contributed by atoms with van der Waals surface area (Å²) in [5.74, 6) is 0.142. The van der Waals surface area contributed by atoms with Crippen molar-refractivity contribution in [1.82, 2.24) is 20.5 Å². The number of benzene rings is 2. The number of aromatic amines is 1. The van der Waals surface area contributed by atoms with E-state index in [2.05, 4.69) is 54.4 Å². The lowest BCUT2D eigenvalue weighted by molar-refractivity contribution is -0.121. The molecular formula is C32H46N4O4Si. The highest BCUT2D eigenvalue weighted by Crippen LogP contribution is 2.41. The van der Waals surface area contributed by atoms with Crippen LogP contribution in [0.5, 0.6) is 5.75 Å². The number of nitrogens with zero attached hydrogens (tertiary/aromatic N) is 1. The Morgan fingerprint density at radius 2 is 1.80 bits per heavy atom. The molecule has 41 heavy (non-hydrogen) atoms. The average Bonchev–Trinajstić information content (AvgIpc) is 2.94. The number of phenolic OH excluding ortho intramolecular Hbond substituents is 1. The number of rotatable bonds is 11. The van der Waals surface area contributed by atoms with E-state index in [0.717, 1.165) is 49.0 Å². The fraction of sp³-hybridized carbons (Fsp3) is 0.500. The van der Waals surface area contributed by atoms with E-state index >= 15 is 0 Å². The lowest BCUT2D eigenvalue weighted by atomic mass is 10.0. The van der Waals surface area contributed by atoms with Gasteiger partial charge in [0.25, 0.3) is 0 Å². The Balaban J connectivity index is 1.35. The zero-order valence-corrected chi connectivity index (χ0v) is 26.1. The molecule has 1 amide bonds. The van der Waals surface area contributed by atoms with Crippen LogP contribution >= 0.6 is 0 Å². The standard InChI is InChI=1S/C32H46N4O4Si/c1-32(2,3)41(4,5)40-28(25-11-13-27(37)31-26(25)12-14-30(39)35-31)22-33-24-15-18-36(19-16-24)20-17-29(38)34-21-23-9-7-6-8-10-23/h6-14,24,28,33,37H,15-22H2,1-5H3,(H,34,38)(H,35,39)/t28-/m0/s1. The Hall–Kier alpha value is -2.98. The van der Waals surface area contributed by atoms with E-state index < -0.39 is 8.32 Å². The molecule has 4 rings (SSSR count). The lowest BCUT2D eigenvalue weighted by Gasteiger charge is -2.40. The second kappa shape index (κ2) is 13.3. The van der Waals surface area contributed by atoms with Gasteiger partial charge in [0.1, 0.15) is 5.75 Å². The molecule has 0 saturated carbocycles. The summed E-state index contributed by atoms with van der Waals surface area (Å²) in [5.41, 5.74) is 2.27. The lowest BCUT2D eigenvalue weighted by Crippen LogP contribution is -2.47. The van der Waals surface area contributed by atoms with Gasteiger partial charge in [0.05, 0.1) is 11.6 Å². The van der Waals surface area contributed by atoms with Crippen LogP contribution in [0.4, 0.5) is 0 Å². The quantitative estimate of drug-likeness (QED) is 0.237. The Morgan fingerprint density at radius 3 is 2.49 bits per heavy atom. The fourth-order valence-electron chi connectivity index (χ4n) is 5.07. The van der Waals surface area contributed by atoms with Crippen LogP contribution in [0.1, 0.15) is 57.3 Å². The van der Waals surface area contributed by atoms with E-state index in [0.29, 0.717) is 31.1 Å². The molecule has 1 aliphatic heterocycles. The number of phenols is 1. The molecule has 2 heterocycles. The molecule has 0 bridgehead atoms. The van der Waals surface area contributed by atoms with Crippen LogP contribution in [-0.2, 0) is 15.8 Å². The van der Waals surface area contributed by atoms with Gasteiger partial charge in [-0.05, 0) is 67.3 Å². The van der Waals surface area contributed by atoms with Gasteiger partial charge in [0, 0.05) is 43.5 Å². The van der Waals surface area contributed by atoms with Crippen molar-refractivity contribution in [3.63, 3.8) is 0 Å². The molecule has 8 nitrogen and oxygen atoms in total. The molecule has 2 aromatic carbocycles. The second-order valence-corrected chi connectivity index (χ2v) is 17.4. The maximum Gasteiger partial charge on any atom is 0.248 e. The molecule has 1 saturated heterocycles. The number of aromatic nitrogens is 1. The van der Waals surface area contributed by atoms with Gasteiger partial charge in [-0.2, -0.15) is 0 Å². The van der Waals surface area contributed by atoms with Crippen molar-refractivity contribution in [3.05, 3.63) is 76.1 Å². The summed E-state index contributed by atoms with van der Waals surface area (Å²) >= 11 is 0. The number of H-pyrrole nitrogens is 1. The highest BCUT2D eigenvalue weighted by Gasteiger charge is 2.40. The molecule has 1 fully saturated rings. The number of aromatic hydroxyl groups is 1. The first-order chi connectivity index (χ1) is 19.4. The van der Waals surface area contributed by atoms with Crippen LogP contribution in [0.25, 0.3) is 10.9 Å². The monoisotopic (exact) mass is 578 g/mol. The topological polar surface area (TPSA) is 107 Å². The first kappa shape index (κ1) is 31.0. The summed E-state index contributed by atoms with van der Waals surface area (Å²) in [4.78, 5) is 29.5. The Bertz CT molecular complexity index is 1360. The molecule has 3 aromatic rings. The Labute approximate surface area is 244 Å². The maximum absolute atomic E-state index is 12.4. The first-order valence-electron chi connectivity index (χ1n) is 14.7. The van der Waals surface area contributed by atoms with Crippen molar-refractivity contribution in [2.45, 2.75) is 76.9 Å². The zero-order chi connectivity index (χ0) is 29.6. The molecule has 1 atom stereocenters. The minimum atomic E-state index is -2.13. The van der Waals surface area contributed by atoms with Crippen molar-refractivity contribution in [1.29, 1.82) is 0 Å². The number of amides is 1. The highest BCUT2D eigenvalue weighted by molar-refractivity contribution is 6.74. The molecule has 0 spiro atoms. The van der Waals surface area contributed by atoms with E-state index in [4.69, 9.17) is 4.43 Å². The molecule has 0 aliphatic carbocycles. The number of pyridine rings is 1. The minimum absolute atomic E-state index is 0.0328. The summed E-state index contributed by atoms with van der Waals surface area (Å²) in [5, 5.41) is 18.1. The van der Waals surface area contributed by atoms with Gasteiger partial charge in [-0.15, -0.1) is 0 Å². The number of carbonyl (C=O) groups is 1. The van der Waals surface area contributed by atoms with Gasteiger partial charge in [-0.3, -0.25) is 9.59 Å². The van der Waals surface area contributed by atoms with Gasteiger partial charge in [-0.1, -0.05) is 57.2 Å². The second-order valence-electron chi connectivity index (χ2n) is 12.7. The average molecular weight is 579 g/mol. The number of hydrogen-bond donors (Lipinski definition) is 4. The molecular weight excluding hydrogens is 532 g/mol. The van der Waals surface area contributed by atoms with E-state index in [1.54, 1.807) is 12.1 Å². The SMILES string of the molecule is CC(C)(C)[Si](C)(C)O[C@@H](CNC1CCN(CCC(=O)NCc2ccccc2)CC1)c1ccc(O)c2[nH]c(=O)ccc12. The number of fused-ring (bicyclic) bond motifs is 1. The molecule has 0 unspecified atom stereocenters. The third-order valence-corrected chi connectivity index (χ3v) is 13.2. The van der Waals surface area contributed by atoms with Crippen molar-refractivity contribution in [2.75, 3.05) is 26.2 Å². The summed E-state index contributed by atoms with van der Waals surface area (Å²) in [6.45, 7) is 15.0. The number of piperidine rings is 1. The summed E-state index contributed by atoms with van der Waals surface area (Å²) < 4.78 is 6.95. The van der Waals surface area contributed by atoms with E-state index in [-0.39, 0.29) is 28.4 Å². The largest absolute Gasteiger partial charge is 0.506 e. The zero-order valence-electron chi connectivity index (χ0n) is 25.1. The summed E-state index contributed by atoms with van der Waals surface area (Å²) in [6.07, 6.45) is 2.28. The van der Waals surface area contributed by atoms with Crippen molar-refractivity contribution in [3.8, 4) is 5.75 Å². The number of nitrogens with one attached hydrogen (secondary N) is 3. The molecule has 1 aromatic heterocycles. The predicted molar refractivity (Wildman–Crippen MR) is 168 cm³/mol. The normalized spacial score (nSPS) is 16.1. The van der Waals surface area contributed by atoms with Gasteiger partial charge < -0.3 is 30.0 Å². The van der Waals surface area contributed by atoms with Crippen molar-refractivity contribution in [2.24, 2.45) is 0 Å². The van der Waals surface area contributed by atoms with Crippen molar-refractivity contribution >= 4 is 25.1 Å². The van der Waals surface area contributed by atoms with Crippen LogP contribution in [-0.4, -0.2) is 61.4 Å². The molecule has 9 heteroatoms. The Kier molecular flexibility index (Phi) is 10.1. The van der Waals surface area contributed by atoms with Crippen LogP contribution in [0.3, 0.4) is 0 Å². The molecule has 222 valence electrons. The third-order valence-electron chi connectivity index (χ3n) is 8.66. The van der Waals surface area contributed by atoms with Crippen LogP contribution in [0.15, 0.2) is 59.4 Å². The van der Waals surface area contributed by atoms with Gasteiger partial charge in [-0.25, -0.2) is 0 Å². The molecule has 0 radical (unpaired) electrons. The number of carbonyl (C=O) groups excluding carboxylic acids is 1. The first-order valence-corrected chi connectivity index (χ1v) is 17.6. The van der Waals surface area contributed by atoms with E-state index in [1.807, 2.05) is 36.4 Å². The molecule has 1 aliphatic rings. The third kappa shape index (κ3) is 8.29. The van der Waals surface area contributed by atoms with Crippen LogP contribution in [0, 0.1) is 0 Å². The van der Waals surface area contributed by atoms with E-state index in [1.165, 1.54) is 6.07 Å². The van der Waals surface area contributed by atoms with E-state index in [9.17, 15) is 14.7 Å². The maximum atomic E-state index is 12.4. The number of hydrogen-bond acceptors (Lipinski definition) is 6. The predicted octanol–water partition coefficient (Wildman–Crippen LogP) is 5.06. The fourth-order valence-corrected chi connectivity index (χ4v) is 6.34. The molecule has 4 N–H and O–H groups in total. The minimum Gasteiger partial charge on any atom is -0.506 e. The smallest absolute Gasteiger partial charge is 0.248 e. The van der Waals surface area contributed by atoms with Crippen molar-refractivity contribution < 1.29 is 14.3 Å². The summed E-state index contributed by atoms with van der Waals surface area (Å²) in [6, 6.07) is 17.2. The van der Waals surface area contributed by atoms with Crippen LogP contribution in [0.2, 0.25) is 18.1 Å². The van der Waals surface area contributed by atoms with Gasteiger partial charge in [0.2, 0.25) is 11.5 Å². The van der Waals surface area contributed by atoms with Crippen LogP contribution < -0.4 is 16.2 Å². The Morgan fingerprint density at radius 1 is 1.10 bits per heavy atom.